The Morgan fingerprint density at radius 2 is 2.53 bits per heavy atom. The Balaban J connectivity index is 1.95. The number of hydrogen-bond donors (Lipinski definition) is 1. The van der Waals surface area contributed by atoms with E-state index >= 15 is 0 Å². The van der Waals surface area contributed by atoms with E-state index in [-0.39, 0.29) is 0 Å². The van der Waals surface area contributed by atoms with Crippen LogP contribution in [0.15, 0.2) is 17.0 Å². The summed E-state index contributed by atoms with van der Waals surface area (Å²) in [5, 5.41) is 3.38. The second-order valence-corrected chi connectivity index (χ2v) is 6.51. The Morgan fingerprint density at radius 3 is 3.20 bits per heavy atom. The largest absolute Gasteiger partial charge is 0.368 e. The lowest BCUT2D eigenvalue weighted by Gasteiger charge is -2.23. The molecule has 0 amide bonds. The van der Waals surface area contributed by atoms with E-state index in [4.69, 9.17) is 0 Å². The lowest BCUT2D eigenvalue weighted by atomic mass is 10.1. The number of nitrogens with zero attached hydrogens (tertiary/aromatic N) is 2. The van der Waals surface area contributed by atoms with Gasteiger partial charge in [-0.05, 0) is 41.4 Å². The molecule has 0 aliphatic carbocycles. The maximum Gasteiger partial charge on any atom is 0.143 e. The van der Waals surface area contributed by atoms with Crippen molar-refractivity contribution in [2.45, 2.75) is 24.5 Å². The van der Waals surface area contributed by atoms with Crippen LogP contribution in [0.25, 0.3) is 0 Å². The van der Waals surface area contributed by atoms with E-state index in [1.165, 1.54) is 18.6 Å². The first kappa shape index (κ1) is 11.2. The predicted octanol–water partition coefficient (Wildman–Crippen LogP) is 2.94. The smallest absolute Gasteiger partial charge is 0.143 e. The van der Waals surface area contributed by atoms with Gasteiger partial charge in [0.15, 0.2) is 0 Å². The molecular weight excluding hydrogens is 274 g/mol. The Labute approximate surface area is 103 Å². The third kappa shape index (κ3) is 2.84. The van der Waals surface area contributed by atoms with E-state index in [9.17, 15) is 0 Å². The van der Waals surface area contributed by atoms with Crippen LogP contribution in [0.3, 0.4) is 0 Å². The molecular formula is C10H14BrN3S. The highest BCUT2D eigenvalue weighted by Gasteiger charge is 2.29. The molecule has 1 fully saturated rings. The Kier molecular flexibility index (Phi) is 3.51. The van der Waals surface area contributed by atoms with Crippen LogP contribution in [0, 0.1) is 0 Å². The minimum absolute atomic E-state index is 0.365. The van der Waals surface area contributed by atoms with Gasteiger partial charge in [-0.25, -0.2) is 9.97 Å². The highest BCUT2D eigenvalue weighted by atomic mass is 79.9. The molecule has 1 N–H and O–H groups in total. The number of nitrogens with one attached hydrogen (secondary N) is 1. The van der Waals surface area contributed by atoms with Crippen molar-refractivity contribution >= 4 is 33.5 Å². The van der Waals surface area contributed by atoms with Crippen LogP contribution < -0.4 is 5.32 Å². The van der Waals surface area contributed by atoms with Gasteiger partial charge in [0.2, 0.25) is 0 Å². The van der Waals surface area contributed by atoms with Crippen LogP contribution in [0.1, 0.15) is 19.8 Å². The number of anilines is 1. The number of thioether (sulfide) groups is 1. The zero-order valence-corrected chi connectivity index (χ0v) is 11.1. The SMILES string of the molecule is CC1(CNc2ncncc2Br)CCCS1. The van der Waals surface area contributed by atoms with Crippen LogP contribution in [0.5, 0.6) is 0 Å². The first-order valence-corrected chi connectivity index (χ1v) is 6.81. The third-order valence-corrected chi connectivity index (χ3v) is 4.72. The monoisotopic (exact) mass is 287 g/mol. The van der Waals surface area contributed by atoms with Crippen LogP contribution in [-0.2, 0) is 0 Å². The summed E-state index contributed by atoms with van der Waals surface area (Å²) in [7, 11) is 0. The zero-order valence-electron chi connectivity index (χ0n) is 8.66. The minimum atomic E-state index is 0.365. The maximum absolute atomic E-state index is 4.19. The van der Waals surface area contributed by atoms with Crippen LogP contribution in [0.4, 0.5) is 5.82 Å². The molecule has 0 radical (unpaired) electrons. The van der Waals surface area contributed by atoms with Crippen molar-refractivity contribution in [1.82, 2.24) is 9.97 Å². The molecule has 1 atom stereocenters. The van der Waals surface area contributed by atoms with Crippen molar-refractivity contribution in [2.24, 2.45) is 0 Å². The lowest BCUT2D eigenvalue weighted by Crippen LogP contribution is -2.27. The van der Waals surface area contributed by atoms with Gasteiger partial charge in [0.05, 0.1) is 4.47 Å². The third-order valence-electron chi connectivity index (χ3n) is 2.60. The Bertz CT molecular complexity index is 339. The first-order chi connectivity index (χ1) is 7.20. The summed E-state index contributed by atoms with van der Waals surface area (Å²) in [6.45, 7) is 3.28. The molecule has 1 unspecified atom stereocenters. The number of rotatable bonds is 3. The van der Waals surface area contributed by atoms with E-state index in [2.05, 4.69) is 38.1 Å². The highest BCUT2D eigenvalue weighted by Crippen LogP contribution is 2.37. The molecule has 0 bridgehead atoms. The summed E-state index contributed by atoms with van der Waals surface area (Å²) in [5.74, 6) is 2.17. The van der Waals surface area contributed by atoms with E-state index in [1.807, 2.05) is 11.8 Å². The van der Waals surface area contributed by atoms with Crippen LogP contribution >= 0.6 is 27.7 Å². The van der Waals surface area contributed by atoms with Crippen molar-refractivity contribution in [3.8, 4) is 0 Å². The van der Waals surface area contributed by atoms with E-state index in [1.54, 1.807) is 12.5 Å². The van der Waals surface area contributed by atoms with Gasteiger partial charge in [-0.2, -0.15) is 11.8 Å². The molecule has 5 heteroatoms. The molecule has 0 aromatic carbocycles. The van der Waals surface area contributed by atoms with Gasteiger partial charge in [-0.15, -0.1) is 0 Å². The molecule has 1 aliphatic heterocycles. The topological polar surface area (TPSA) is 37.8 Å². The molecule has 1 saturated heterocycles. The summed E-state index contributed by atoms with van der Waals surface area (Å²) >= 11 is 5.48. The van der Waals surface area contributed by atoms with Crippen molar-refractivity contribution < 1.29 is 0 Å². The molecule has 1 aromatic heterocycles. The van der Waals surface area contributed by atoms with Gasteiger partial charge in [0.25, 0.3) is 0 Å². The Hall–Kier alpha value is -0.290. The molecule has 1 aliphatic rings. The second kappa shape index (κ2) is 4.70. The summed E-state index contributed by atoms with van der Waals surface area (Å²) < 4.78 is 1.29. The van der Waals surface area contributed by atoms with Gasteiger partial charge in [0.1, 0.15) is 12.1 Å². The molecule has 82 valence electrons. The van der Waals surface area contributed by atoms with Gasteiger partial charge in [-0.3, -0.25) is 0 Å². The predicted molar refractivity (Wildman–Crippen MR) is 68.3 cm³/mol. The molecule has 1 aromatic rings. The molecule has 0 spiro atoms. The second-order valence-electron chi connectivity index (χ2n) is 3.97. The number of halogens is 1. The van der Waals surface area contributed by atoms with Crippen molar-refractivity contribution in [2.75, 3.05) is 17.6 Å². The van der Waals surface area contributed by atoms with Crippen LogP contribution in [-0.4, -0.2) is 27.0 Å². The van der Waals surface area contributed by atoms with Crippen molar-refractivity contribution in [3.05, 3.63) is 17.0 Å². The molecule has 2 heterocycles. The number of hydrogen-bond acceptors (Lipinski definition) is 4. The molecule has 3 nitrogen and oxygen atoms in total. The fraction of sp³-hybridized carbons (Fsp3) is 0.600. The van der Waals surface area contributed by atoms with E-state index in [0.717, 1.165) is 16.8 Å². The minimum Gasteiger partial charge on any atom is -0.368 e. The first-order valence-electron chi connectivity index (χ1n) is 5.03. The van der Waals surface area contributed by atoms with Gasteiger partial charge in [0, 0.05) is 17.5 Å². The van der Waals surface area contributed by atoms with Crippen LogP contribution in [0.2, 0.25) is 0 Å². The Morgan fingerprint density at radius 1 is 1.67 bits per heavy atom. The van der Waals surface area contributed by atoms with E-state index in [0.29, 0.717) is 4.75 Å². The van der Waals surface area contributed by atoms with Crippen molar-refractivity contribution in [3.63, 3.8) is 0 Å². The summed E-state index contributed by atoms with van der Waals surface area (Å²) in [5.41, 5.74) is 0. The maximum atomic E-state index is 4.19. The van der Waals surface area contributed by atoms with Gasteiger partial charge >= 0.3 is 0 Å². The fourth-order valence-corrected chi connectivity index (χ4v) is 3.29. The molecule has 0 saturated carbocycles. The quantitative estimate of drug-likeness (QED) is 0.928. The van der Waals surface area contributed by atoms with Gasteiger partial charge < -0.3 is 5.32 Å². The summed E-state index contributed by atoms with van der Waals surface area (Å²) in [4.78, 5) is 8.13. The standard InChI is InChI=1S/C10H14BrN3S/c1-10(3-2-4-15-10)6-13-9-8(11)5-12-7-14-9/h5,7H,2-4,6H2,1H3,(H,12,13,14). The fourth-order valence-electron chi connectivity index (χ4n) is 1.69. The normalized spacial score (nSPS) is 25.5. The van der Waals surface area contributed by atoms with E-state index < -0.39 is 0 Å². The zero-order chi connectivity index (χ0) is 10.7. The van der Waals surface area contributed by atoms with Crippen molar-refractivity contribution in [1.29, 1.82) is 0 Å². The average molecular weight is 288 g/mol. The average Bonchev–Trinajstić information content (AvgIpc) is 2.65. The molecule has 15 heavy (non-hydrogen) atoms. The van der Waals surface area contributed by atoms with Gasteiger partial charge in [-0.1, -0.05) is 0 Å². The number of aromatic nitrogens is 2. The highest BCUT2D eigenvalue weighted by molar-refractivity contribution is 9.10. The summed E-state index contributed by atoms with van der Waals surface area (Å²) in [6.07, 6.45) is 5.94. The molecule has 2 rings (SSSR count). The summed E-state index contributed by atoms with van der Waals surface area (Å²) in [6, 6.07) is 0. The lowest BCUT2D eigenvalue weighted by molar-refractivity contribution is 0.633.